The maximum Gasteiger partial charge on any atom is 0.123 e. The molecule has 0 saturated heterocycles. The molecule has 3 rings (SSSR count). The minimum Gasteiger partial charge on any atom is -0.216 e. The first-order valence-corrected chi connectivity index (χ1v) is 10.9. The van der Waals surface area contributed by atoms with Crippen molar-refractivity contribution < 1.29 is 8.78 Å². The van der Waals surface area contributed by atoms with Crippen LogP contribution >= 0.6 is 0 Å². The zero-order chi connectivity index (χ0) is 19.6. The molecule has 0 aromatic heterocycles. The Morgan fingerprint density at radius 3 is 2.00 bits per heavy atom. The highest BCUT2D eigenvalue weighted by molar-refractivity contribution is 5.63. The van der Waals surface area contributed by atoms with E-state index in [1.807, 2.05) is 12.1 Å². The smallest absolute Gasteiger partial charge is 0.123 e. The first kappa shape index (κ1) is 20.8. The SMILES string of the molecule is F/C=C/CCCCCC[C@H]1CC[C@H](c2ccc(-c3ccc(F)cc3)cc2)CC1. The summed E-state index contributed by atoms with van der Waals surface area (Å²) < 4.78 is 25.0. The van der Waals surface area contributed by atoms with Gasteiger partial charge in [0.1, 0.15) is 5.82 Å². The van der Waals surface area contributed by atoms with E-state index in [0.29, 0.717) is 12.2 Å². The third-order valence-electron chi connectivity index (χ3n) is 6.23. The molecule has 2 aromatic rings. The van der Waals surface area contributed by atoms with Crippen molar-refractivity contribution >= 4 is 0 Å². The molecule has 0 aliphatic heterocycles. The highest BCUT2D eigenvalue weighted by atomic mass is 19.1. The lowest BCUT2D eigenvalue weighted by molar-refractivity contribution is 0.302. The van der Waals surface area contributed by atoms with Crippen LogP contribution in [0.1, 0.15) is 75.7 Å². The summed E-state index contributed by atoms with van der Waals surface area (Å²) in [6, 6.07) is 15.6. The molecule has 0 atom stereocenters. The molecule has 0 unspecified atom stereocenters. The van der Waals surface area contributed by atoms with Crippen LogP contribution in [-0.4, -0.2) is 0 Å². The molecule has 0 heterocycles. The van der Waals surface area contributed by atoms with Gasteiger partial charge in [-0.3, -0.25) is 0 Å². The van der Waals surface area contributed by atoms with E-state index in [0.717, 1.165) is 29.9 Å². The Morgan fingerprint density at radius 2 is 1.36 bits per heavy atom. The minimum absolute atomic E-state index is 0.189. The van der Waals surface area contributed by atoms with Gasteiger partial charge in [0.05, 0.1) is 6.33 Å². The van der Waals surface area contributed by atoms with E-state index in [1.165, 1.54) is 69.1 Å². The molecular formula is C26H32F2. The largest absolute Gasteiger partial charge is 0.216 e. The summed E-state index contributed by atoms with van der Waals surface area (Å²) in [6.45, 7) is 0. The van der Waals surface area contributed by atoms with Crippen molar-refractivity contribution in [2.24, 2.45) is 5.92 Å². The van der Waals surface area contributed by atoms with Gasteiger partial charge in [0.2, 0.25) is 0 Å². The number of benzene rings is 2. The molecule has 0 nitrogen and oxygen atoms in total. The van der Waals surface area contributed by atoms with E-state index in [2.05, 4.69) is 24.3 Å². The van der Waals surface area contributed by atoms with Crippen LogP contribution < -0.4 is 0 Å². The van der Waals surface area contributed by atoms with Crippen LogP contribution in [0.2, 0.25) is 0 Å². The fourth-order valence-electron chi connectivity index (χ4n) is 4.49. The van der Waals surface area contributed by atoms with E-state index in [9.17, 15) is 8.78 Å². The van der Waals surface area contributed by atoms with Crippen molar-refractivity contribution in [3.63, 3.8) is 0 Å². The molecule has 150 valence electrons. The first-order chi connectivity index (χ1) is 13.8. The number of halogens is 2. The topological polar surface area (TPSA) is 0 Å². The summed E-state index contributed by atoms with van der Waals surface area (Å²) in [5, 5.41) is 0. The quantitative estimate of drug-likeness (QED) is 0.381. The van der Waals surface area contributed by atoms with Crippen molar-refractivity contribution in [2.45, 2.75) is 70.1 Å². The van der Waals surface area contributed by atoms with Crippen LogP contribution in [0.25, 0.3) is 11.1 Å². The second-order valence-electron chi connectivity index (χ2n) is 8.20. The first-order valence-electron chi connectivity index (χ1n) is 10.9. The predicted molar refractivity (Wildman–Crippen MR) is 114 cm³/mol. The predicted octanol–water partition coefficient (Wildman–Crippen LogP) is 8.59. The van der Waals surface area contributed by atoms with Crippen LogP contribution in [0.15, 0.2) is 60.9 Å². The van der Waals surface area contributed by atoms with Gasteiger partial charge in [0.15, 0.2) is 0 Å². The van der Waals surface area contributed by atoms with E-state index < -0.39 is 0 Å². The standard InChI is InChI=1S/C26H32F2/c27-20-6-4-2-1-3-5-7-21-8-10-22(11-9-21)23-12-14-24(15-13-23)25-16-18-26(28)19-17-25/h6,12-22H,1-5,7-11H2/b20-6+/t21-,22-. The summed E-state index contributed by atoms with van der Waals surface area (Å²) in [7, 11) is 0. The Bertz CT molecular complexity index is 707. The highest BCUT2D eigenvalue weighted by Crippen LogP contribution is 2.38. The fraction of sp³-hybridized carbons (Fsp3) is 0.462. The van der Waals surface area contributed by atoms with Gasteiger partial charge in [0.25, 0.3) is 0 Å². The molecule has 0 bridgehead atoms. The van der Waals surface area contributed by atoms with Crippen molar-refractivity contribution in [3.8, 4) is 11.1 Å². The Balaban J connectivity index is 1.39. The van der Waals surface area contributed by atoms with E-state index in [4.69, 9.17) is 0 Å². The maximum absolute atomic E-state index is 13.1. The molecule has 0 radical (unpaired) electrons. The number of allylic oxidation sites excluding steroid dienone is 1. The minimum atomic E-state index is -0.189. The van der Waals surface area contributed by atoms with Gasteiger partial charge in [0, 0.05) is 0 Å². The lowest BCUT2D eigenvalue weighted by atomic mass is 9.77. The molecule has 2 aromatic carbocycles. The van der Waals surface area contributed by atoms with Gasteiger partial charge >= 0.3 is 0 Å². The molecule has 0 amide bonds. The number of hydrogen-bond acceptors (Lipinski definition) is 0. The van der Waals surface area contributed by atoms with Gasteiger partial charge in [-0.25, -0.2) is 8.78 Å². The van der Waals surface area contributed by atoms with Crippen LogP contribution in [0.3, 0.4) is 0 Å². The average molecular weight is 383 g/mol. The molecule has 1 aliphatic rings. The third kappa shape index (κ3) is 6.29. The second-order valence-corrected chi connectivity index (χ2v) is 8.20. The molecule has 0 N–H and O–H groups in total. The summed E-state index contributed by atoms with van der Waals surface area (Å²) in [6.07, 6.45) is 14.7. The fourth-order valence-corrected chi connectivity index (χ4v) is 4.49. The van der Waals surface area contributed by atoms with E-state index >= 15 is 0 Å². The van der Waals surface area contributed by atoms with Gasteiger partial charge in [-0.1, -0.05) is 68.2 Å². The molecular weight excluding hydrogens is 350 g/mol. The summed E-state index contributed by atoms with van der Waals surface area (Å²) in [5.41, 5.74) is 3.67. The third-order valence-corrected chi connectivity index (χ3v) is 6.23. The monoisotopic (exact) mass is 382 g/mol. The van der Waals surface area contributed by atoms with Gasteiger partial charge in [-0.15, -0.1) is 0 Å². The normalized spacial score (nSPS) is 19.9. The number of unbranched alkanes of at least 4 members (excludes halogenated alkanes) is 4. The van der Waals surface area contributed by atoms with Crippen LogP contribution in [0, 0.1) is 11.7 Å². The van der Waals surface area contributed by atoms with Crippen LogP contribution in [0.4, 0.5) is 8.78 Å². The van der Waals surface area contributed by atoms with Crippen molar-refractivity contribution in [3.05, 3.63) is 72.3 Å². The lowest BCUT2D eigenvalue weighted by Crippen LogP contribution is -2.13. The molecule has 1 fully saturated rings. The van der Waals surface area contributed by atoms with Crippen LogP contribution in [0.5, 0.6) is 0 Å². The van der Waals surface area contributed by atoms with E-state index in [1.54, 1.807) is 6.08 Å². The van der Waals surface area contributed by atoms with Gasteiger partial charge in [-0.2, -0.15) is 0 Å². The Labute approximate surface area is 168 Å². The van der Waals surface area contributed by atoms with Crippen LogP contribution in [-0.2, 0) is 0 Å². The van der Waals surface area contributed by atoms with Gasteiger partial charge < -0.3 is 0 Å². The zero-order valence-electron chi connectivity index (χ0n) is 16.8. The zero-order valence-corrected chi connectivity index (χ0v) is 16.8. The second kappa shape index (κ2) is 11.1. The Hall–Kier alpha value is -1.96. The Kier molecular flexibility index (Phi) is 8.26. The molecule has 28 heavy (non-hydrogen) atoms. The number of hydrogen-bond donors (Lipinski definition) is 0. The number of rotatable bonds is 9. The molecule has 1 saturated carbocycles. The average Bonchev–Trinajstić information content (AvgIpc) is 2.74. The summed E-state index contributed by atoms with van der Waals surface area (Å²) in [4.78, 5) is 0. The highest BCUT2D eigenvalue weighted by Gasteiger charge is 2.22. The van der Waals surface area contributed by atoms with Crippen molar-refractivity contribution in [1.29, 1.82) is 0 Å². The maximum atomic E-state index is 13.1. The molecule has 0 spiro atoms. The molecule has 1 aliphatic carbocycles. The van der Waals surface area contributed by atoms with Crippen molar-refractivity contribution in [2.75, 3.05) is 0 Å². The summed E-state index contributed by atoms with van der Waals surface area (Å²) in [5.74, 6) is 1.39. The van der Waals surface area contributed by atoms with E-state index in [-0.39, 0.29) is 5.82 Å². The summed E-state index contributed by atoms with van der Waals surface area (Å²) >= 11 is 0. The lowest BCUT2D eigenvalue weighted by Gasteiger charge is -2.29. The Morgan fingerprint density at radius 1 is 0.750 bits per heavy atom. The molecule has 2 heteroatoms. The van der Waals surface area contributed by atoms with Gasteiger partial charge in [-0.05, 0) is 79.2 Å². The van der Waals surface area contributed by atoms with Crippen molar-refractivity contribution in [1.82, 2.24) is 0 Å².